The van der Waals surface area contributed by atoms with E-state index in [1.54, 1.807) is 23.6 Å². The molecule has 0 spiro atoms. The zero-order chi connectivity index (χ0) is 17.9. The summed E-state index contributed by atoms with van der Waals surface area (Å²) in [6.45, 7) is 5.80. The molecule has 24 heavy (non-hydrogen) atoms. The van der Waals surface area contributed by atoms with Gasteiger partial charge in [0.15, 0.2) is 11.5 Å². The summed E-state index contributed by atoms with van der Waals surface area (Å²) >= 11 is 0. The fraction of sp³-hybridized carbons (Fsp3) is 0.294. The predicted molar refractivity (Wildman–Crippen MR) is 91.9 cm³/mol. The van der Waals surface area contributed by atoms with Crippen molar-refractivity contribution in [2.75, 3.05) is 26.6 Å². The van der Waals surface area contributed by atoms with E-state index < -0.39 is 11.4 Å². The molecule has 1 heterocycles. The van der Waals surface area contributed by atoms with Gasteiger partial charge in [0.1, 0.15) is 11.4 Å². The number of nitrogens with two attached hydrogens (primary N) is 1. The molecule has 7 nitrogen and oxygen atoms in total. The number of rotatable bonds is 6. The molecule has 0 saturated carbocycles. The molecule has 1 aromatic heterocycles. The first kappa shape index (κ1) is 17.4. The highest BCUT2D eigenvalue weighted by Crippen LogP contribution is 2.32. The number of nitrogens with zero attached hydrogens (tertiary/aromatic N) is 1. The number of hydrogen-bond acceptors (Lipinski definition) is 6. The number of carbonyl (C=O) groups is 1. The minimum absolute atomic E-state index is 0.0260. The Labute approximate surface area is 139 Å². The van der Waals surface area contributed by atoms with Gasteiger partial charge in [-0.1, -0.05) is 6.08 Å². The summed E-state index contributed by atoms with van der Waals surface area (Å²) in [5, 5.41) is 0.284. The second-order valence-corrected chi connectivity index (χ2v) is 4.93. The van der Waals surface area contributed by atoms with Gasteiger partial charge in [0, 0.05) is 12.6 Å². The van der Waals surface area contributed by atoms with E-state index in [4.69, 9.17) is 19.9 Å². The van der Waals surface area contributed by atoms with Crippen LogP contribution in [0.5, 0.6) is 11.5 Å². The number of esters is 1. The third-order valence-corrected chi connectivity index (χ3v) is 3.60. The Morgan fingerprint density at radius 1 is 1.29 bits per heavy atom. The minimum Gasteiger partial charge on any atom is -0.493 e. The molecule has 0 saturated heterocycles. The third kappa shape index (κ3) is 2.80. The molecule has 7 heteroatoms. The van der Waals surface area contributed by atoms with Crippen molar-refractivity contribution in [1.82, 2.24) is 4.57 Å². The quantitative estimate of drug-likeness (QED) is 0.642. The van der Waals surface area contributed by atoms with Gasteiger partial charge in [-0.25, -0.2) is 4.79 Å². The van der Waals surface area contributed by atoms with E-state index in [1.165, 1.54) is 20.3 Å². The van der Waals surface area contributed by atoms with E-state index in [1.807, 2.05) is 0 Å². The maximum Gasteiger partial charge on any atom is 0.345 e. The Morgan fingerprint density at radius 2 is 1.92 bits per heavy atom. The van der Waals surface area contributed by atoms with Crippen molar-refractivity contribution >= 4 is 22.7 Å². The number of benzene rings is 1. The van der Waals surface area contributed by atoms with Crippen LogP contribution in [0.1, 0.15) is 17.3 Å². The molecular weight excluding hydrogens is 312 g/mol. The maximum absolute atomic E-state index is 12.8. The summed E-state index contributed by atoms with van der Waals surface area (Å²) in [6, 6.07) is 3.17. The maximum atomic E-state index is 12.8. The van der Waals surface area contributed by atoms with Crippen molar-refractivity contribution < 1.29 is 19.0 Å². The molecule has 0 amide bonds. The Bertz CT molecular complexity index is 854. The molecule has 2 aromatic rings. The number of carbonyl (C=O) groups excluding carboxylic acids is 1. The molecule has 0 fully saturated rings. The molecule has 0 bridgehead atoms. The molecule has 0 aliphatic carbocycles. The van der Waals surface area contributed by atoms with E-state index in [-0.39, 0.29) is 23.4 Å². The van der Waals surface area contributed by atoms with Crippen molar-refractivity contribution in [1.29, 1.82) is 0 Å². The summed E-state index contributed by atoms with van der Waals surface area (Å²) in [5.41, 5.74) is 5.88. The number of aromatic nitrogens is 1. The van der Waals surface area contributed by atoms with Crippen LogP contribution in [0.3, 0.4) is 0 Å². The lowest BCUT2D eigenvalue weighted by atomic mass is 10.1. The molecule has 2 N–H and O–H groups in total. The first-order valence-electron chi connectivity index (χ1n) is 7.36. The van der Waals surface area contributed by atoms with Crippen LogP contribution in [0.15, 0.2) is 29.6 Å². The average Bonchev–Trinajstić information content (AvgIpc) is 2.57. The lowest BCUT2D eigenvalue weighted by molar-refractivity contribution is 0.0525. The summed E-state index contributed by atoms with van der Waals surface area (Å²) in [7, 11) is 2.96. The highest BCUT2D eigenvalue weighted by Gasteiger charge is 2.23. The van der Waals surface area contributed by atoms with E-state index in [9.17, 15) is 9.59 Å². The van der Waals surface area contributed by atoms with Gasteiger partial charge >= 0.3 is 5.97 Å². The number of methoxy groups -OCH3 is 2. The Kier molecular flexibility index (Phi) is 5.13. The van der Waals surface area contributed by atoms with Crippen LogP contribution in [-0.4, -0.2) is 31.4 Å². The number of allylic oxidation sites excluding steroid dienone is 1. The second-order valence-electron chi connectivity index (χ2n) is 4.93. The van der Waals surface area contributed by atoms with Crippen LogP contribution in [0.25, 0.3) is 10.9 Å². The average molecular weight is 332 g/mol. The number of hydrogen-bond donors (Lipinski definition) is 1. The number of pyridine rings is 1. The largest absolute Gasteiger partial charge is 0.493 e. The van der Waals surface area contributed by atoms with Gasteiger partial charge in [-0.2, -0.15) is 0 Å². The highest BCUT2D eigenvalue weighted by molar-refractivity contribution is 5.99. The lowest BCUT2D eigenvalue weighted by Crippen LogP contribution is -2.25. The van der Waals surface area contributed by atoms with Gasteiger partial charge in [0.05, 0.1) is 31.7 Å². The van der Waals surface area contributed by atoms with Gasteiger partial charge in [-0.05, 0) is 13.0 Å². The van der Waals surface area contributed by atoms with Gasteiger partial charge in [-0.3, -0.25) is 4.79 Å². The van der Waals surface area contributed by atoms with Gasteiger partial charge in [0.2, 0.25) is 5.43 Å². The van der Waals surface area contributed by atoms with E-state index >= 15 is 0 Å². The van der Waals surface area contributed by atoms with Crippen molar-refractivity contribution in [2.45, 2.75) is 13.5 Å². The predicted octanol–water partition coefficient (Wildman–Crippen LogP) is 1.96. The summed E-state index contributed by atoms with van der Waals surface area (Å²) in [5.74, 6) is 0.102. The van der Waals surface area contributed by atoms with Crippen LogP contribution >= 0.6 is 0 Å². The SMILES string of the molecule is C=CCn1c(N)c(C(=O)OCC)c(=O)c2cc(OC)c(OC)cc21. The summed E-state index contributed by atoms with van der Waals surface area (Å²) in [4.78, 5) is 24.9. The van der Waals surface area contributed by atoms with Crippen LogP contribution in [-0.2, 0) is 11.3 Å². The normalized spacial score (nSPS) is 10.5. The van der Waals surface area contributed by atoms with E-state index in [2.05, 4.69) is 6.58 Å². The topological polar surface area (TPSA) is 92.8 Å². The Hall–Kier alpha value is -2.96. The fourth-order valence-electron chi connectivity index (χ4n) is 2.52. The Morgan fingerprint density at radius 3 is 2.46 bits per heavy atom. The number of nitrogen functional groups attached to an aromatic ring is 1. The van der Waals surface area contributed by atoms with Gasteiger partial charge < -0.3 is 24.5 Å². The van der Waals surface area contributed by atoms with Crippen molar-refractivity contribution in [2.24, 2.45) is 0 Å². The zero-order valence-electron chi connectivity index (χ0n) is 13.9. The molecule has 0 aliphatic rings. The molecule has 0 atom stereocenters. The van der Waals surface area contributed by atoms with Crippen molar-refractivity contribution in [3.8, 4) is 11.5 Å². The smallest absolute Gasteiger partial charge is 0.345 e. The highest BCUT2D eigenvalue weighted by atomic mass is 16.5. The minimum atomic E-state index is -0.755. The zero-order valence-corrected chi connectivity index (χ0v) is 13.9. The molecule has 0 radical (unpaired) electrons. The van der Waals surface area contributed by atoms with Crippen LogP contribution < -0.4 is 20.6 Å². The third-order valence-electron chi connectivity index (χ3n) is 3.60. The molecular formula is C17H20N2O5. The molecule has 1 aromatic carbocycles. The molecule has 128 valence electrons. The van der Waals surface area contributed by atoms with Crippen LogP contribution in [0, 0.1) is 0 Å². The fourth-order valence-corrected chi connectivity index (χ4v) is 2.52. The van der Waals surface area contributed by atoms with E-state index in [0.29, 0.717) is 23.6 Å². The van der Waals surface area contributed by atoms with Crippen molar-refractivity contribution in [3.63, 3.8) is 0 Å². The van der Waals surface area contributed by atoms with E-state index in [0.717, 1.165) is 0 Å². The lowest BCUT2D eigenvalue weighted by Gasteiger charge is -2.17. The number of ether oxygens (including phenoxy) is 3. The summed E-state index contributed by atoms with van der Waals surface area (Å²) in [6.07, 6.45) is 1.62. The summed E-state index contributed by atoms with van der Waals surface area (Å²) < 4.78 is 17.1. The van der Waals surface area contributed by atoms with Crippen molar-refractivity contribution in [3.05, 3.63) is 40.6 Å². The van der Waals surface area contributed by atoms with Gasteiger partial charge in [0.25, 0.3) is 0 Å². The standard InChI is InChI=1S/C17H20N2O5/c1-5-7-19-11-9-13(23-4)12(22-3)8-10(11)15(20)14(16(19)18)17(21)24-6-2/h5,8-9H,1,6-7,18H2,2-4H3. The monoisotopic (exact) mass is 332 g/mol. The molecule has 2 rings (SSSR count). The Balaban J connectivity index is 2.94. The number of anilines is 1. The number of fused-ring (bicyclic) bond motifs is 1. The van der Waals surface area contributed by atoms with Crippen LogP contribution in [0.2, 0.25) is 0 Å². The van der Waals surface area contributed by atoms with Crippen LogP contribution in [0.4, 0.5) is 5.82 Å². The molecule has 0 unspecified atom stereocenters. The van der Waals surface area contributed by atoms with Gasteiger partial charge in [-0.15, -0.1) is 6.58 Å². The first-order valence-corrected chi connectivity index (χ1v) is 7.36. The molecule has 0 aliphatic heterocycles. The first-order chi connectivity index (χ1) is 11.5. The second kappa shape index (κ2) is 7.08.